The second kappa shape index (κ2) is 5.19. The standard InChI is InChI=1S/C15H23NO4/c1-15(2,3)11(8-12(17)18)16-13(19)9-6-4-5-7-10(9)14(16)20/h9-11H,4-8H2,1-3H3,(H,17,18). The Balaban J connectivity index is 2.30. The molecule has 0 aromatic carbocycles. The van der Waals surface area contributed by atoms with Crippen molar-refractivity contribution in [3.8, 4) is 0 Å². The van der Waals surface area contributed by atoms with E-state index in [1.807, 2.05) is 20.8 Å². The molecule has 3 unspecified atom stereocenters. The fourth-order valence-electron chi connectivity index (χ4n) is 3.45. The minimum Gasteiger partial charge on any atom is -0.481 e. The van der Waals surface area contributed by atoms with Crippen LogP contribution in [0.2, 0.25) is 0 Å². The summed E-state index contributed by atoms with van der Waals surface area (Å²) < 4.78 is 0. The summed E-state index contributed by atoms with van der Waals surface area (Å²) >= 11 is 0. The van der Waals surface area contributed by atoms with Gasteiger partial charge < -0.3 is 5.11 Å². The number of nitrogens with zero attached hydrogens (tertiary/aromatic N) is 1. The number of hydrogen-bond donors (Lipinski definition) is 1. The SMILES string of the molecule is CC(C)(C)C(CC(=O)O)N1C(=O)C2CCCCC2C1=O. The fourth-order valence-corrected chi connectivity index (χ4v) is 3.45. The molecule has 2 aliphatic rings. The molecular formula is C15H23NO4. The van der Waals surface area contributed by atoms with Gasteiger partial charge in [-0.25, -0.2) is 0 Å². The first-order chi connectivity index (χ1) is 9.23. The predicted molar refractivity (Wildman–Crippen MR) is 72.8 cm³/mol. The Morgan fingerprint density at radius 2 is 1.65 bits per heavy atom. The molecule has 112 valence electrons. The molecule has 20 heavy (non-hydrogen) atoms. The normalized spacial score (nSPS) is 28.4. The third-order valence-electron chi connectivity index (χ3n) is 4.55. The molecule has 2 amide bonds. The zero-order chi connectivity index (χ0) is 15.1. The summed E-state index contributed by atoms with van der Waals surface area (Å²) in [7, 11) is 0. The van der Waals surface area contributed by atoms with Crippen molar-refractivity contribution in [2.24, 2.45) is 17.3 Å². The second-order valence-electron chi connectivity index (χ2n) is 7.02. The molecule has 1 aliphatic carbocycles. The molecular weight excluding hydrogens is 258 g/mol. The molecule has 3 atom stereocenters. The summed E-state index contributed by atoms with van der Waals surface area (Å²) in [5.41, 5.74) is -0.433. The molecule has 2 fully saturated rings. The maximum absolute atomic E-state index is 12.5. The minimum atomic E-state index is -0.972. The lowest BCUT2D eigenvalue weighted by molar-refractivity contribution is -0.148. The molecule has 5 nitrogen and oxygen atoms in total. The van der Waals surface area contributed by atoms with Crippen molar-refractivity contribution < 1.29 is 19.5 Å². The smallest absolute Gasteiger partial charge is 0.305 e. The van der Waals surface area contributed by atoms with E-state index in [9.17, 15) is 14.4 Å². The van der Waals surface area contributed by atoms with Crippen LogP contribution in [-0.2, 0) is 14.4 Å². The van der Waals surface area contributed by atoms with Crippen LogP contribution in [-0.4, -0.2) is 33.8 Å². The first-order valence-corrected chi connectivity index (χ1v) is 7.32. The highest BCUT2D eigenvalue weighted by atomic mass is 16.4. The summed E-state index contributed by atoms with van der Waals surface area (Å²) in [5.74, 6) is -1.70. The molecule has 1 saturated heterocycles. The lowest BCUT2D eigenvalue weighted by Gasteiger charge is -2.36. The van der Waals surface area contributed by atoms with Gasteiger partial charge in [0, 0.05) is 0 Å². The molecule has 1 saturated carbocycles. The molecule has 0 aromatic heterocycles. The van der Waals surface area contributed by atoms with Gasteiger partial charge >= 0.3 is 5.97 Å². The Kier molecular flexibility index (Phi) is 3.89. The van der Waals surface area contributed by atoms with Crippen LogP contribution >= 0.6 is 0 Å². The third-order valence-corrected chi connectivity index (χ3v) is 4.55. The van der Waals surface area contributed by atoms with Gasteiger partial charge in [0.25, 0.3) is 0 Å². The van der Waals surface area contributed by atoms with Crippen LogP contribution in [0.1, 0.15) is 52.9 Å². The lowest BCUT2D eigenvalue weighted by Crippen LogP contribution is -2.48. The number of likely N-dealkylation sites (tertiary alicyclic amines) is 1. The van der Waals surface area contributed by atoms with Crippen LogP contribution < -0.4 is 0 Å². The number of hydrogen-bond acceptors (Lipinski definition) is 3. The number of carbonyl (C=O) groups excluding carboxylic acids is 2. The zero-order valence-electron chi connectivity index (χ0n) is 12.4. The Labute approximate surface area is 119 Å². The number of rotatable bonds is 3. The van der Waals surface area contributed by atoms with Crippen LogP contribution in [0.4, 0.5) is 0 Å². The molecule has 1 aliphatic heterocycles. The molecule has 1 N–H and O–H groups in total. The third kappa shape index (κ3) is 2.58. The number of aliphatic carboxylic acids is 1. The van der Waals surface area contributed by atoms with Crippen LogP contribution in [0.3, 0.4) is 0 Å². The van der Waals surface area contributed by atoms with Crippen LogP contribution in [0.15, 0.2) is 0 Å². The lowest BCUT2D eigenvalue weighted by atomic mass is 9.81. The molecule has 5 heteroatoms. The minimum absolute atomic E-state index is 0.152. The number of fused-ring (bicyclic) bond motifs is 1. The summed E-state index contributed by atoms with van der Waals surface area (Å²) in [6.07, 6.45) is 3.30. The summed E-state index contributed by atoms with van der Waals surface area (Å²) in [5, 5.41) is 9.09. The van der Waals surface area contributed by atoms with E-state index in [2.05, 4.69) is 0 Å². The van der Waals surface area contributed by atoms with E-state index >= 15 is 0 Å². The van der Waals surface area contributed by atoms with Gasteiger partial charge in [0.1, 0.15) is 0 Å². The quantitative estimate of drug-likeness (QED) is 0.803. The van der Waals surface area contributed by atoms with Crippen molar-refractivity contribution >= 4 is 17.8 Å². The van der Waals surface area contributed by atoms with Crippen molar-refractivity contribution in [3.05, 3.63) is 0 Å². The van der Waals surface area contributed by atoms with Gasteiger partial charge in [-0.3, -0.25) is 19.3 Å². The highest BCUT2D eigenvalue weighted by molar-refractivity contribution is 6.05. The van der Waals surface area contributed by atoms with Crippen molar-refractivity contribution in [2.45, 2.75) is 58.9 Å². The van der Waals surface area contributed by atoms with E-state index in [0.717, 1.165) is 25.7 Å². The first-order valence-electron chi connectivity index (χ1n) is 7.32. The van der Waals surface area contributed by atoms with Crippen molar-refractivity contribution in [1.29, 1.82) is 0 Å². The summed E-state index contributed by atoms with van der Waals surface area (Å²) in [4.78, 5) is 37.4. The van der Waals surface area contributed by atoms with Gasteiger partial charge in [-0.1, -0.05) is 33.6 Å². The van der Waals surface area contributed by atoms with Crippen LogP contribution in [0, 0.1) is 17.3 Å². The Hall–Kier alpha value is -1.39. The van der Waals surface area contributed by atoms with E-state index in [-0.39, 0.29) is 30.1 Å². The van der Waals surface area contributed by atoms with Gasteiger partial charge in [-0.15, -0.1) is 0 Å². The molecule has 2 rings (SSSR count). The molecule has 0 spiro atoms. The van der Waals surface area contributed by atoms with E-state index in [1.165, 1.54) is 4.90 Å². The molecule has 0 radical (unpaired) electrons. The second-order valence-corrected chi connectivity index (χ2v) is 7.02. The predicted octanol–water partition coefficient (Wildman–Crippen LogP) is 2.05. The van der Waals surface area contributed by atoms with E-state index in [0.29, 0.717) is 0 Å². The Morgan fingerprint density at radius 1 is 1.20 bits per heavy atom. The number of carboxylic acid groups (broad SMARTS) is 1. The highest BCUT2D eigenvalue weighted by Crippen LogP contribution is 2.41. The molecule has 0 aromatic rings. The highest BCUT2D eigenvalue weighted by Gasteiger charge is 2.52. The topological polar surface area (TPSA) is 74.7 Å². The molecule has 0 bridgehead atoms. The Morgan fingerprint density at radius 3 is 2.00 bits per heavy atom. The van der Waals surface area contributed by atoms with Gasteiger partial charge in [0.05, 0.1) is 24.3 Å². The van der Waals surface area contributed by atoms with Crippen LogP contribution in [0.5, 0.6) is 0 Å². The van der Waals surface area contributed by atoms with Gasteiger partial charge in [-0.2, -0.15) is 0 Å². The Bertz CT molecular complexity index is 414. The summed E-state index contributed by atoms with van der Waals surface area (Å²) in [6, 6.07) is -0.564. The van der Waals surface area contributed by atoms with Crippen molar-refractivity contribution in [3.63, 3.8) is 0 Å². The van der Waals surface area contributed by atoms with Crippen LogP contribution in [0.25, 0.3) is 0 Å². The van der Waals surface area contributed by atoms with E-state index < -0.39 is 17.4 Å². The van der Waals surface area contributed by atoms with E-state index in [4.69, 9.17) is 5.11 Å². The van der Waals surface area contributed by atoms with Gasteiger partial charge in [0.2, 0.25) is 11.8 Å². The average molecular weight is 281 g/mol. The largest absolute Gasteiger partial charge is 0.481 e. The maximum Gasteiger partial charge on any atom is 0.305 e. The van der Waals surface area contributed by atoms with Crippen molar-refractivity contribution in [1.82, 2.24) is 4.90 Å². The monoisotopic (exact) mass is 281 g/mol. The maximum atomic E-state index is 12.5. The summed E-state index contributed by atoms with van der Waals surface area (Å²) in [6.45, 7) is 5.63. The van der Waals surface area contributed by atoms with E-state index in [1.54, 1.807) is 0 Å². The van der Waals surface area contributed by atoms with Gasteiger partial charge in [0.15, 0.2) is 0 Å². The van der Waals surface area contributed by atoms with Gasteiger partial charge in [-0.05, 0) is 18.3 Å². The molecule has 1 heterocycles. The fraction of sp³-hybridized carbons (Fsp3) is 0.800. The first kappa shape index (κ1) is 15.0. The zero-order valence-corrected chi connectivity index (χ0v) is 12.4. The number of carbonyl (C=O) groups is 3. The van der Waals surface area contributed by atoms with Crippen molar-refractivity contribution in [2.75, 3.05) is 0 Å². The number of imide groups is 1. The average Bonchev–Trinajstić information content (AvgIpc) is 2.59. The number of carboxylic acids is 1. The number of amides is 2.